The average Bonchev–Trinajstić information content (AvgIpc) is 3.25. The summed E-state index contributed by atoms with van der Waals surface area (Å²) in [5.74, 6) is -0.339. The number of nitrogens with zero attached hydrogens (tertiary/aromatic N) is 1. The zero-order chi connectivity index (χ0) is 23.8. The molecule has 33 heavy (non-hydrogen) atoms. The molecule has 3 rings (SSSR count). The first-order chi connectivity index (χ1) is 15.7. The maximum Gasteiger partial charge on any atom is 0.407 e. The molecule has 2 aromatic rings. The molecule has 7 nitrogen and oxygen atoms in total. The van der Waals surface area contributed by atoms with Gasteiger partial charge in [-0.25, -0.2) is 9.59 Å². The Bertz CT molecular complexity index is 909. The minimum absolute atomic E-state index is 0.00262. The Morgan fingerprint density at radius 3 is 2.45 bits per heavy atom. The number of ether oxygens (including phenoxy) is 3. The first kappa shape index (κ1) is 24.6. The van der Waals surface area contributed by atoms with Gasteiger partial charge in [0.05, 0.1) is 12.1 Å². The Kier molecular flexibility index (Phi) is 8.33. The number of amides is 1. The second-order valence-corrected chi connectivity index (χ2v) is 9.27. The number of hydrogen-bond acceptors (Lipinski definition) is 6. The van der Waals surface area contributed by atoms with Gasteiger partial charge in [-0.3, -0.25) is 0 Å². The number of benzene rings is 2. The fourth-order valence-electron chi connectivity index (χ4n) is 3.65. The van der Waals surface area contributed by atoms with Crippen LogP contribution in [0.3, 0.4) is 0 Å². The first-order valence-electron chi connectivity index (χ1n) is 11.4. The molecule has 0 bridgehead atoms. The van der Waals surface area contributed by atoms with Crippen molar-refractivity contribution >= 4 is 17.7 Å². The van der Waals surface area contributed by atoms with Gasteiger partial charge in [-0.15, -0.1) is 0 Å². The SMILES string of the molecule is C[C@@H](NC(=O)OCc1ccccc1)c1ccc(N2CC[C@@H](OCC(=O)OC(C)(C)C)C2)cc1. The van der Waals surface area contributed by atoms with Gasteiger partial charge in [0.1, 0.15) is 18.8 Å². The van der Waals surface area contributed by atoms with E-state index < -0.39 is 11.7 Å². The van der Waals surface area contributed by atoms with Gasteiger partial charge in [0, 0.05) is 18.8 Å². The molecule has 1 aliphatic rings. The van der Waals surface area contributed by atoms with Crippen molar-refractivity contribution in [3.05, 3.63) is 65.7 Å². The molecule has 0 aromatic heterocycles. The molecular formula is C26H34N2O5. The molecule has 2 aromatic carbocycles. The highest BCUT2D eigenvalue weighted by Gasteiger charge is 2.25. The Balaban J connectivity index is 1.43. The number of carbonyl (C=O) groups is 2. The maximum absolute atomic E-state index is 12.1. The third-order valence-corrected chi connectivity index (χ3v) is 5.31. The van der Waals surface area contributed by atoms with Gasteiger partial charge in [-0.05, 0) is 57.4 Å². The standard InChI is InChI=1S/C26H34N2O5/c1-19(27-25(30)32-17-20-8-6-5-7-9-20)21-10-12-22(13-11-21)28-15-14-23(16-28)31-18-24(29)33-26(2,3)4/h5-13,19,23H,14-18H2,1-4H3,(H,27,30)/t19-,23-/m1/s1. The molecule has 1 heterocycles. The van der Waals surface area contributed by atoms with Gasteiger partial charge in [-0.1, -0.05) is 42.5 Å². The van der Waals surface area contributed by atoms with E-state index in [2.05, 4.69) is 10.2 Å². The van der Waals surface area contributed by atoms with E-state index in [1.807, 2.05) is 82.3 Å². The molecule has 1 N–H and O–H groups in total. The zero-order valence-electron chi connectivity index (χ0n) is 19.9. The number of alkyl carbamates (subject to hydrolysis) is 1. The summed E-state index contributed by atoms with van der Waals surface area (Å²) in [6.07, 6.45) is 0.410. The number of nitrogens with one attached hydrogen (secondary N) is 1. The third kappa shape index (κ3) is 8.09. The van der Waals surface area contributed by atoms with Gasteiger partial charge < -0.3 is 24.4 Å². The van der Waals surface area contributed by atoms with E-state index in [9.17, 15) is 9.59 Å². The predicted molar refractivity (Wildman–Crippen MR) is 127 cm³/mol. The predicted octanol–water partition coefficient (Wildman–Crippen LogP) is 4.61. The minimum atomic E-state index is -0.505. The van der Waals surface area contributed by atoms with E-state index in [4.69, 9.17) is 14.2 Å². The molecule has 1 fully saturated rings. The molecule has 178 valence electrons. The lowest BCUT2D eigenvalue weighted by Crippen LogP contribution is -2.29. The molecule has 0 aliphatic carbocycles. The van der Waals surface area contributed by atoms with Crippen LogP contribution in [0.15, 0.2) is 54.6 Å². The van der Waals surface area contributed by atoms with Crippen molar-refractivity contribution in [3.8, 4) is 0 Å². The van der Waals surface area contributed by atoms with Crippen LogP contribution in [0.2, 0.25) is 0 Å². The molecule has 1 saturated heterocycles. The molecule has 0 unspecified atom stereocenters. The Morgan fingerprint density at radius 2 is 1.79 bits per heavy atom. The van der Waals surface area contributed by atoms with Crippen LogP contribution in [0.5, 0.6) is 0 Å². The zero-order valence-corrected chi connectivity index (χ0v) is 19.9. The van der Waals surface area contributed by atoms with Crippen LogP contribution in [0.4, 0.5) is 10.5 Å². The molecule has 7 heteroatoms. The summed E-state index contributed by atoms with van der Waals surface area (Å²) in [6, 6.07) is 17.5. The van der Waals surface area contributed by atoms with Crippen molar-refractivity contribution in [1.29, 1.82) is 0 Å². The largest absolute Gasteiger partial charge is 0.458 e. The Hall–Kier alpha value is -3.06. The highest BCUT2D eigenvalue weighted by molar-refractivity contribution is 5.71. The summed E-state index contributed by atoms with van der Waals surface area (Å²) >= 11 is 0. The number of rotatable bonds is 8. The van der Waals surface area contributed by atoms with Crippen LogP contribution in [0.1, 0.15) is 51.3 Å². The highest BCUT2D eigenvalue weighted by atomic mass is 16.6. The molecule has 0 spiro atoms. The van der Waals surface area contributed by atoms with Crippen LogP contribution >= 0.6 is 0 Å². The summed E-state index contributed by atoms with van der Waals surface area (Å²) in [5, 5.41) is 2.87. The van der Waals surface area contributed by atoms with Gasteiger partial charge >= 0.3 is 12.1 Å². The summed E-state index contributed by atoms with van der Waals surface area (Å²) in [5.41, 5.74) is 2.52. The number of hydrogen-bond donors (Lipinski definition) is 1. The Labute approximate surface area is 196 Å². The number of carbonyl (C=O) groups excluding carboxylic acids is 2. The summed E-state index contributed by atoms with van der Waals surface area (Å²) < 4.78 is 16.3. The lowest BCUT2D eigenvalue weighted by Gasteiger charge is -2.21. The highest BCUT2D eigenvalue weighted by Crippen LogP contribution is 2.24. The number of anilines is 1. The quantitative estimate of drug-likeness (QED) is 0.587. The summed E-state index contributed by atoms with van der Waals surface area (Å²) in [7, 11) is 0. The average molecular weight is 455 g/mol. The second kappa shape index (κ2) is 11.2. The van der Waals surface area contributed by atoms with Crippen molar-refractivity contribution in [1.82, 2.24) is 5.32 Å². The van der Waals surface area contributed by atoms with Gasteiger partial charge in [-0.2, -0.15) is 0 Å². The van der Waals surface area contributed by atoms with Crippen LogP contribution < -0.4 is 10.2 Å². The number of esters is 1. The lowest BCUT2D eigenvalue weighted by atomic mass is 10.1. The molecule has 0 saturated carbocycles. The van der Waals surface area contributed by atoms with Crippen molar-refractivity contribution in [2.45, 2.75) is 58.5 Å². The van der Waals surface area contributed by atoms with Gasteiger partial charge in [0.2, 0.25) is 0 Å². The van der Waals surface area contributed by atoms with Gasteiger partial charge in [0.15, 0.2) is 0 Å². The second-order valence-electron chi connectivity index (χ2n) is 9.27. The van der Waals surface area contributed by atoms with E-state index in [0.717, 1.165) is 36.3 Å². The lowest BCUT2D eigenvalue weighted by molar-refractivity contribution is -0.161. The fourth-order valence-corrected chi connectivity index (χ4v) is 3.65. The molecule has 2 atom stereocenters. The monoisotopic (exact) mass is 454 g/mol. The normalized spacial score (nSPS) is 16.8. The van der Waals surface area contributed by atoms with E-state index in [0.29, 0.717) is 0 Å². The van der Waals surface area contributed by atoms with Crippen molar-refractivity contribution in [3.63, 3.8) is 0 Å². The summed E-state index contributed by atoms with van der Waals surface area (Å²) in [6.45, 7) is 9.25. The molecule has 1 aliphatic heterocycles. The van der Waals surface area contributed by atoms with E-state index in [-0.39, 0.29) is 31.3 Å². The van der Waals surface area contributed by atoms with Crippen LogP contribution in [0.25, 0.3) is 0 Å². The third-order valence-electron chi connectivity index (χ3n) is 5.31. The minimum Gasteiger partial charge on any atom is -0.458 e. The van der Waals surface area contributed by atoms with Crippen LogP contribution in [-0.4, -0.2) is 43.5 Å². The van der Waals surface area contributed by atoms with E-state index >= 15 is 0 Å². The topological polar surface area (TPSA) is 77.1 Å². The van der Waals surface area contributed by atoms with Crippen molar-refractivity contribution < 1.29 is 23.8 Å². The smallest absolute Gasteiger partial charge is 0.407 e. The maximum atomic E-state index is 12.1. The first-order valence-corrected chi connectivity index (χ1v) is 11.4. The van der Waals surface area contributed by atoms with Gasteiger partial charge in [0.25, 0.3) is 0 Å². The van der Waals surface area contributed by atoms with Crippen molar-refractivity contribution in [2.75, 3.05) is 24.6 Å². The summed E-state index contributed by atoms with van der Waals surface area (Å²) in [4.78, 5) is 26.2. The van der Waals surface area contributed by atoms with Crippen molar-refractivity contribution in [2.24, 2.45) is 0 Å². The van der Waals surface area contributed by atoms with E-state index in [1.54, 1.807) is 0 Å². The van der Waals surface area contributed by atoms with E-state index in [1.165, 1.54) is 0 Å². The Morgan fingerprint density at radius 1 is 1.09 bits per heavy atom. The fraction of sp³-hybridized carbons (Fsp3) is 0.462. The van der Waals surface area contributed by atoms with Crippen LogP contribution in [0, 0.1) is 0 Å². The molecular weight excluding hydrogens is 420 g/mol. The van der Waals surface area contributed by atoms with Crippen LogP contribution in [-0.2, 0) is 25.6 Å². The molecule has 1 amide bonds. The molecule has 0 radical (unpaired) electrons.